The summed E-state index contributed by atoms with van der Waals surface area (Å²) in [6.45, 7) is 1.34. The Balaban J connectivity index is 1.83. The molecule has 1 saturated heterocycles. The molecule has 2 rings (SSSR count). The maximum absolute atomic E-state index is 11.1. The summed E-state index contributed by atoms with van der Waals surface area (Å²) < 4.78 is 11.0. The summed E-state index contributed by atoms with van der Waals surface area (Å²) in [7, 11) is 0. The van der Waals surface area contributed by atoms with Gasteiger partial charge in [-0.25, -0.2) is 4.79 Å². The van der Waals surface area contributed by atoms with Crippen molar-refractivity contribution in [2.75, 3.05) is 13.2 Å². The minimum Gasteiger partial charge on any atom is -0.493 e. The number of carbonyl (C=O) groups is 1. The van der Waals surface area contributed by atoms with Crippen LogP contribution in [-0.2, 0) is 4.74 Å². The van der Waals surface area contributed by atoms with Gasteiger partial charge in [0.25, 0.3) is 0 Å². The maximum Gasteiger partial charge on any atom is 0.339 e. The van der Waals surface area contributed by atoms with Crippen LogP contribution in [0.25, 0.3) is 0 Å². The van der Waals surface area contributed by atoms with E-state index in [2.05, 4.69) is 0 Å². The molecule has 4 nitrogen and oxygen atoms in total. The zero-order chi connectivity index (χ0) is 13.7. The molecule has 5 heteroatoms. The molecule has 19 heavy (non-hydrogen) atoms. The minimum atomic E-state index is -1.03. The summed E-state index contributed by atoms with van der Waals surface area (Å²) in [4.78, 5) is 11.1. The fraction of sp³-hybridized carbons (Fsp3) is 0.500. The zero-order valence-electron chi connectivity index (χ0n) is 10.6. The number of carboxylic acid groups (broad SMARTS) is 1. The minimum absolute atomic E-state index is 0.101. The van der Waals surface area contributed by atoms with Crippen molar-refractivity contribution < 1.29 is 19.4 Å². The van der Waals surface area contributed by atoms with Gasteiger partial charge in [-0.3, -0.25) is 0 Å². The Morgan fingerprint density at radius 3 is 3.05 bits per heavy atom. The second-order valence-electron chi connectivity index (χ2n) is 4.57. The number of hydrogen-bond acceptors (Lipinski definition) is 3. The topological polar surface area (TPSA) is 55.8 Å². The van der Waals surface area contributed by atoms with Crippen molar-refractivity contribution in [2.24, 2.45) is 0 Å². The van der Waals surface area contributed by atoms with Crippen LogP contribution in [-0.4, -0.2) is 30.4 Å². The average molecular weight is 285 g/mol. The second-order valence-corrected chi connectivity index (χ2v) is 5.01. The fourth-order valence-corrected chi connectivity index (χ4v) is 2.33. The van der Waals surface area contributed by atoms with Gasteiger partial charge >= 0.3 is 5.97 Å². The van der Waals surface area contributed by atoms with Crippen LogP contribution in [0.4, 0.5) is 0 Å². The SMILES string of the molecule is O=C(O)c1cc(Cl)ccc1OCCCC1CCCO1. The van der Waals surface area contributed by atoms with E-state index < -0.39 is 5.97 Å². The summed E-state index contributed by atoms with van der Waals surface area (Å²) >= 11 is 5.77. The number of rotatable bonds is 6. The van der Waals surface area contributed by atoms with Gasteiger partial charge in [-0.1, -0.05) is 11.6 Å². The first-order valence-corrected chi connectivity index (χ1v) is 6.82. The Labute approximate surface area is 117 Å². The van der Waals surface area contributed by atoms with Crippen molar-refractivity contribution in [1.82, 2.24) is 0 Å². The highest BCUT2D eigenvalue weighted by Gasteiger charge is 2.15. The Hall–Kier alpha value is -1.26. The highest BCUT2D eigenvalue weighted by atomic mass is 35.5. The zero-order valence-corrected chi connectivity index (χ0v) is 11.4. The van der Waals surface area contributed by atoms with Gasteiger partial charge in [0.2, 0.25) is 0 Å². The molecule has 0 spiro atoms. The molecule has 104 valence electrons. The van der Waals surface area contributed by atoms with E-state index >= 15 is 0 Å². The fourth-order valence-electron chi connectivity index (χ4n) is 2.16. The Morgan fingerprint density at radius 2 is 2.37 bits per heavy atom. The molecule has 1 aromatic rings. The van der Waals surface area contributed by atoms with Crippen LogP contribution in [0.1, 0.15) is 36.0 Å². The second kappa shape index (κ2) is 6.78. The standard InChI is InChI=1S/C14H17ClO4/c15-10-5-6-13(12(9-10)14(16)17)19-8-2-4-11-3-1-7-18-11/h5-6,9,11H,1-4,7-8H2,(H,16,17). The van der Waals surface area contributed by atoms with Gasteiger partial charge in [0.05, 0.1) is 12.7 Å². The number of aromatic carboxylic acids is 1. The first-order chi connectivity index (χ1) is 9.16. The monoisotopic (exact) mass is 284 g/mol. The lowest BCUT2D eigenvalue weighted by Crippen LogP contribution is -2.09. The lowest BCUT2D eigenvalue weighted by molar-refractivity contribution is 0.0690. The Morgan fingerprint density at radius 1 is 1.53 bits per heavy atom. The average Bonchev–Trinajstić information content (AvgIpc) is 2.89. The third-order valence-electron chi connectivity index (χ3n) is 3.12. The molecule has 1 unspecified atom stereocenters. The molecule has 1 aliphatic heterocycles. The first-order valence-electron chi connectivity index (χ1n) is 6.44. The van der Waals surface area contributed by atoms with E-state index in [4.69, 9.17) is 26.2 Å². The molecular formula is C14H17ClO4. The van der Waals surface area contributed by atoms with Crippen LogP contribution in [0, 0.1) is 0 Å². The van der Waals surface area contributed by atoms with Crippen LogP contribution >= 0.6 is 11.6 Å². The molecule has 1 atom stereocenters. The number of hydrogen-bond donors (Lipinski definition) is 1. The summed E-state index contributed by atoms with van der Waals surface area (Å²) in [6.07, 6.45) is 4.39. The van der Waals surface area contributed by atoms with Gasteiger partial charge in [0, 0.05) is 11.6 Å². The molecule has 1 N–H and O–H groups in total. The summed E-state index contributed by atoms with van der Waals surface area (Å²) in [6, 6.07) is 4.63. The van der Waals surface area contributed by atoms with Gasteiger partial charge in [-0.2, -0.15) is 0 Å². The lowest BCUT2D eigenvalue weighted by Gasteiger charge is -2.11. The molecule has 1 heterocycles. The third kappa shape index (κ3) is 4.11. The van der Waals surface area contributed by atoms with Crippen LogP contribution in [0.3, 0.4) is 0 Å². The van der Waals surface area contributed by atoms with Crippen molar-refractivity contribution in [1.29, 1.82) is 0 Å². The number of carboxylic acids is 1. The molecule has 0 saturated carbocycles. The number of halogens is 1. The molecular weight excluding hydrogens is 268 g/mol. The molecule has 1 aromatic carbocycles. The lowest BCUT2D eigenvalue weighted by atomic mass is 10.1. The molecule has 0 aromatic heterocycles. The van der Waals surface area contributed by atoms with Crippen LogP contribution in [0.15, 0.2) is 18.2 Å². The van der Waals surface area contributed by atoms with Crippen molar-refractivity contribution in [3.63, 3.8) is 0 Å². The molecule has 1 fully saturated rings. The normalized spacial score (nSPS) is 18.5. The predicted octanol–water partition coefficient (Wildman–Crippen LogP) is 3.38. The van der Waals surface area contributed by atoms with Crippen molar-refractivity contribution >= 4 is 17.6 Å². The largest absolute Gasteiger partial charge is 0.493 e. The molecule has 0 radical (unpaired) electrons. The first kappa shape index (κ1) is 14.2. The molecule has 0 bridgehead atoms. The van der Waals surface area contributed by atoms with Crippen molar-refractivity contribution in [3.05, 3.63) is 28.8 Å². The number of benzene rings is 1. The Bertz CT molecular complexity index is 441. The van der Waals surface area contributed by atoms with Crippen LogP contribution in [0.2, 0.25) is 5.02 Å². The number of ether oxygens (including phenoxy) is 2. The molecule has 0 aliphatic carbocycles. The van der Waals surface area contributed by atoms with E-state index in [9.17, 15) is 4.79 Å². The smallest absolute Gasteiger partial charge is 0.339 e. The van der Waals surface area contributed by atoms with Gasteiger partial charge < -0.3 is 14.6 Å². The van der Waals surface area contributed by atoms with Crippen molar-refractivity contribution in [2.45, 2.75) is 31.8 Å². The third-order valence-corrected chi connectivity index (χ3v) is 3.36. The molecule has 0 amide bonds. The van der Waals surface area contributed by atoms with E-state index in [1.54, 1.807) is 12.1 Å². The van der Waals surface area contributed by atoms with Crippen LogP contribution in [0.5, 0.6) is 5.75 Å². The van der Waals surface area contributed by atoms with E-state index in [-0.39, 0.29) is 5.56 Å². The van der Waals surface area contributed by atoms with E-state index in [1.165, 1.54) is 6.07 Å². The Kier molecular flexibility index (Phi) is 5.05. The van der Waals surface area contributed by atoms with Crippen LogP contribution < -0.4 is 4.74 Å². The molecule has 1 aliphatic rings. The summed E-state index contributed by atoms with van der Waals surface area (Å²) in [5, 5.41) is 9.45. The highest BCUT2D eigenvalue weighted by molar-refractivity contribution is 6.31. The van der Waals surface area contributed by atoms with Gasteiger partial charge in [-0.15, -0.1) is 0 Å². The quantitative estimate of drug-likeness (QED) is 0.814. The van der Waals surface area contributed by atoms with Gasteiger partial charge in [0.1, 0.15) is 11.3 Å². The van der Waals surface area contributed by atoms with E-state index in [1.807, 2.05) is 0 Å². The van der Waals surface area contributed by atoms with Gasteiger partial charge in [-0.05, 0) is 43.9 Å². The summed E-state index contributed by atoms with van der Waals surface area (Å²) in [5.74, 6) is -0.666. The maximum atomic E-state index is 11.1. The highest BCUT2D eigenvalue weighted by Crippen LogP contribution is 2.23. The van der Waals surface area contributed by atoms with Gasteiger partial charge in [0.15, 0.2) is 0 Å². The van der Waals surface area contributed by atoms with E-state index in [0.717, 1.165) is 32.3 Å². The van der Waals surface area contributed by atoms with E-state index in [0.29, 0.717) is 23.5 Å². The summed E-state index contributed by atoms with van der Waals surface area (Å²) in [5.41, 5.74) is 0.101. The predicted molar refractivity (Wildman–Crippen MR) is 72.1 cm³/mol. The van der Waals surface area contributed by atoms with Crippen molar-refractivity contribution in [3.8, 4) is 5.75 Å².